The number of carbonyl (C=O) groups excluding carboxylic acids is 1. The van der Waals surface area contributed by atoms with Crippen LogP contribution in [0.2, 0.25) is 0 Å². The molecule has 1 saturated heterocycles. The number of nitrogens with two attached hydrogens (primary N) is 1. The first kappa shape index (κ1) is 11.4. The summed E-state index contributed by atoms with van der Waals surface area (Å²) in [5.41, 5.74) is 5.42. The first-order valence-corrected chi connectivity index (χ1v) is 5.44. The zero-order valence-electron chi connectivity index (χ0n) is 8.99. The lowest BCUT2D eigenvalue weighted by Crippen LogP contribution is -2.35. The summed E-state index contributed by atoms with van der Waals surface area (Å²) in [6.45, 7) is 6.87. The minimum Gasteiger partial charge on any atom is -0.393 e. The molecular formula is C10H18N2OS. The van der Waals surface area contributed by atoms with Crippen LogP contribution in [0.1, 0.15) is 27.2 Å². The van der Waals surface area contributed by atoms with Gasteiger partial charge in [0.1, 0.15) is 0 Å². The quantitative estimate of drug-likeness (QED) is 0.717. The summed E-state index contributed by atoms with van der Waals surface area (Å²) < 4.78 is 0. The van der Waals surface area contributed by atoms with E-state index in [-0.39, 0.29) is 11.8 Å². The van der Waals surface area contributed by atoms with Crippen LogP contribution in [0.15, 0.2) is 0 Å². The lowest BCUT2D eigenvalue weighted by molar-refractivity contribution is -0.131. The largest absolute Gasteiger partial charge is 0.393 e. The van der Waals surface area contributed by atoms with Crippen LogP contribution >= 0.6 is 12.2 Å². The van der Waals surface area contributed by atoms with Gasteiger partial charge in [0.25, 0.3) is 0 Å². The second-order valence-corrected chi connectivity index (χ2v) is 4.66. The van der Waals surface area contributed by atoms with Crippen LogP contribution in [-0.2, 0) is 4.79 Å². The molecule has 0 aromatic rings. The third-order valence-corrected chi connectivity index (χ3v) is 3.52. The second-order valence-electron chi connectivity index (χ2n) is 4.14. The number of nitrogens with zero attached hydrogens (tertiary/aromatic N) is 1. The Morgan fingerprint density at radius 1 is 1.50 bits per heavy atom. The number of amides is 1. The normalized spacial score (nSPS) is 32.4. The Kier molecular flexibility index (Phi) is 3.48. The van der Waals surface area contributed by atoms with Crippen molar-refractivity contribution in [3.63, 3.8) is 0 Å². The maximum Gasteiger partial charge on any atom is 0.226 e. The maximum absolute atomic E-state index is 11.8. The molecule has 0 spiro atoms. The molecule has 3 nitrogen and oxygen atoms in total. The third kappa shape index (κ3) is 2.05. The number of carbonyl (C=O) groups is 1. The van der Waals surface area contributed by atoms with Crippen molar-refractivity contribution in [2.75, 3.05) is 6.54 Å². The van der Waals surface area contributed by atoms with E-state index in [1.165, 1.54) is 0 Å². The van der Waals surface area contributed by atoms with Crippen molar-refractivity contribution in [2.24, 2.45) is 17.6 Å². The van der Waals surface area contributed by atoms with E-state index in [9.17, 15) is 4.79 Å². The van der Waals surface area contributed by atoms with Crippen molar-refractivity contribution < 1.29 is 4.79 Å². The lowest BCUT2D eigenvalue weighted by atomic mass is 9.95. The second kappa shape index (κ2) is 4.26. The monoisotopic (exact) mass is 214 g/mol. The van der Waals surface area contributed by atoms with Gasteiger partial charge in [-0.1, -0.05) is 26.1 Å². The summed E-state index contributed by atoms with van der Waals surface area (Å²) >= 11 is 4.81. The summed E-state index contributed by atoms with van der Waals surface area (Å²) in [7, 11) is 0. The predicted octanol–water partition coefficient (Wildman–Crippen LogP) is 1.17. The summed E-state index contributed by atoms with van der Waals surface area (Å²) in [5.74, 6) is 0.798. The van der Waals surface area contributed by atoms with Crippen LogP contribution in [0.4, 0.5) is 0 Å². The van der Waals surface area contributed by atoms with E-state index in [1.54, 1.807) is 0 Å². The molecule has 0 bridgehead atoms. The molecule has 14 heavy (non-hydrogen) atoms. The molecule has 1 amide bonds. The Labute approximate surface area is 90.6 Å². The summed E-state index contributed by atoms with van der Waals surface area (Å²) in [6.07, 6.45) is 0.630. The molecule has 0 aromatic carbocycles. The van der Waals surface area contributed by atoms with Crippen molar-refractivity contribution >= 4 is 23.1 Å². The van der Waals surface area contributed by atoms with Crippen LogP contribution in [-0.4, -0.2) is 28.4 Å². The molecule has 4 heteroatoms. The molecule has 0 saturated carbocycles. The van der Waals surface area contributed by atoms with E-state index in [0.29, 0.717) is 29.9 Å². The van der Waals surface area contributed by atoms with Gasteiger partial charge in [0.05, 0.1) is 4.99 Å². The van der Waals surface area contributed by atoms with E-state index in [2.05, 4.69) is 13.8 Å². The van der Waals surface area contributed by atoms with Crippen LogP contribution in [0.25, 0.3) is 0 Å². The smallest absolute Gasteiger partial charge is 0.226 e. The standard InChI is InChI=1S/C10H18N2OS/c1-6-7(2)10(13)12(8(6)3)5-4-9(11)14/h6-8H,4-5H2,1-3H3,(H2,11,14). The van der Waals surface area contributed by atoms with Gasteiger partial charge in [-0.05, 0) is 12.8 Å². The Bertz CT molecular complexity index is 255. The zero-order chi connectivity index (χ0) is 10.9. The van der Waals surface area contributed by atoms with Gasteiger partial charge < -0.3 is 10.6 Å². The molecular weight excluding hydrogens is 196 g/mol. The fourth-order valence-corrected chi connectivity index (χ4v) is 2.02. The molecule has 80 valence electrons. The van der Waals surface area contributed by atoms with Gasteiger partial charge in [-0.25, -0.2) is 0 Å². The van der Waals surface area contributed by atoms with Gasteiger partial charge in [-0.2, -0.15) is 0 Å². The summed E-state index contributed by atoms with van der Waals surface area (Å²) in [5, 5.41) is 0. The SMILES string of the molecule is CC1C(=O)N(CCC(N)=S)C(C)C1C. The van der Waals surface area contributed by atoms with Crippen molar-refractivity contribution in [1.29, 1.82) is 0 Å². The van der Waals surface area contributed by atoms with Gasteiger partial charge in [-0.15, -0.1) is 0 Å². The van der Waals surface area contributed by atoms with Crippen molar-refractivity contribution in [3.8, 4) is 0 Å². The van der Waals surface area contributed by atoms with Crippen molar-refractivity contribution in [1.82, 2.24) is 4.90 Å². The molecule has 1 aliphatic heterocycles. The van der Waals surface area contributed by atoms with Gasteiger partial charge in [0, 0.05) is 24.9 Å². The first-order chi connectivity index (χ1) is 6.45. The number of likely N-dealkylation sites (tertiary alicyclic amines) is 1. The minimum atomic E-state index is 0.136. The predicted molar refractivity (Wildman–Crippen MR) is 60.9 cm³/mol. The minimum absolute atomic E-state index is 0.136. The van der Waals surface area contributed by atoms with E-state index < -0.39 is 0 Å². The van der Waals surface area contributed by atoms with Crippen LogP contribution in [0.3, 0.4) is 0 Å². The molecule has 3 atom stereocenters. The van der Waals surface area contributed by atoms with Crippen molar-refractivity contribution in [2.45, 2.75) is 33.2 Å². The molecule has 1 heterocycles. The highest BCUT2D eigenvalue weighted by molar-refractivity contribution is 7.80. The fourth-order valence-electron chi connectivity index (χ4n) is 1.93. The molecule has 1 rings (SSSR count). The molecule has 0 radical (unpaired) electrons. The third-order valence-electron chi connectivity index (χ3n) is 3.31. The highest BCUT2D eigenvalue weighted by atomic mass is 32.1. The van der Waals surface area contributed by atoms with Gasteiger partial charge in [0.15, 0.2) is 0 Å². The van der Waals surface area contributed by atoms with Crippen LogP contribution in [0.5, 0.6) is 0 Å². The average molecular weight is 214 g/mol. The van der Waals surface area contributed by atoms with Crippen LogP contribution in [0, 0.1) is 11.8 Å². The Morgan fingerprint density at radius 2 is 2.07 bits per heavy atom. The van der Waals surface area contributed by atoms with E-state index in [4.69, 9.17) is 18.0 Å². The topological polar surface area (TPSA) is 46.3 Å². The molecule has 1 fully saturated rings. The van der Waals surface area contributed by atoms with Gasteiger partial charge in [0.2, 0.25) is 5.91 Å². The first-order valence-electron chi connectivity index (χ1n) is 5.04. The van der Waals surface area contributed by atoms with E-state index in [0.717, 1.165) is 0 Å². The fraction of sp³-hybridized carbons (Fsp3) is 0.800. The van der Waals surface area contributed by atoms with Gasteiger partial charge in [-0.3, -0.25) is 4.79 Å². The molecule has 1 aliphatic rings. The highest BCUT2D eigenvalue weighted by Gasteiger charge is 2.39. The Morgan fingerprint density at radius 3 is 2.43 bits per heavy atom. The summed E-state index contributed by atoms with van der Waals surface area (Å²) in [6, 6.07) is 0.312. The highest BCUT2D eigenvalue weighted by Crippen LogP contribution is 2.30. The maximum atomic E-state index is 11.8. The zero-order valence-corrected chi connectivity index (χ0v) is 9.80. The number of rotatable bonds is 3. The number of thiocarbonyl (C=S) groups is 1. The molecule has 2 N–H and O–H groups in total. The average Bonchev–Trinajstić information content (AvgIpc) is 2.29. The van der Waals surface area contributed by atoms with Gasteiger partial charge >= 0.3 is 0 Å². The lowest BCUT2D eigenvalue weighted by Gasteiger charge is -2.22. The van der Waals surface area contributed by atoms with E-state index >= 15 is 0 Å². The number of hydrogen-bond donors (Lipinski definition) is 1. The molecule has 0 aliphatic carbocycles. The Hall–Kier alpha value is -0.640. The van der Waals surface area contributed by atoms with Crippen LogP contribution < -0.4 is 5.73 Å². The van der Waals surface area contributed by atoms with Crippen molar-refractivity contribution in [3.05, 3.63) is 0 Å². The van der Waals surface area contributed by atoms with E-state index in [1.807, 2.05) is 11.8 Å². The Balaban J connectivity index is 2.61. The summed E-state index contributed by atoms with van der Waals surface area (Å²) in [4.78, 5) is 14.2. The number of hydrogen-bond acceptors (Lipinski definition) is 2. The molecule has 3 unspecified atom stereocenters. The molecule has 0 aromatic heterocycles.